The standard InChI is InChI=1S/C17H19NS/c1-2-13-7-9-15(10-8-13)18-11-14-12-19-17-6-4-3-5-16(14)17/h3-10,14,18H,2,11-12H2,1H3. The van der Waals surface area contributed by atoms with Crippen molar-refractivity contribution in [2.75, 3.05) is 17.6 Å². The van der Waals surface area contributed by atoms with E-state index in [1.54, 1.807) is 0 Å². The van der Waals surface area contributed by atoms with Gasteiger partial charge in [0.15, 0.2) is 0 Å². The average molecular weight is 269 g/mol. The molecule has 0 amide bonds. The summed E-state index contributed by atoms with van der Waals surface area (Å²) in [6.45, 7) is 3.21. The van der Waals surface area contributed by atoms with E-state index in [2.05, 4.69) is 60.8 Å². The molecular formula is C17H19NS. The molecule has 1 heterocycles. The molecule has 1 aliphatic rings. The molecule has 0 saturated heterocycles. The van der Waals surface area contributed by atoms with Crippen molar-refractivity contribution in [2.24, 2.45) is 0 Å². The Labute approximate surface area is 119 Å². The molecular weight excluding hydrogens is 250 g/mol. The maximum Gasteiger partial charge on any atom is 0.0340 e. The summed E-state index contributed by atoms with van der Waals surface area (Å²) in [5.74, 6) is 1.83. The molecule has 0 fully saturated rings. The first-order valence-corrected chi connectivity index (χ1v) is 7.90. The van der Waals surface area contributed by atoms with Gasteiger partial charge in [-0.05, 0) is 35.7 Å². The minimum absolute atomic E-state index is 0.632. The van der Waals surface area contributed by atoms with Gasteiger partial charge >= 0.3 is 0 Å². The van der Waals surface area contributed by atoms with Crippen LogP contribution in [0.4, 0.5) is 5.69 Å². The first kappa shape index (κ1) is 12.6. The molecule has 2 heteroatoms. The van der Waals surface area contributed by atoms with Crippen LogP contribution >= 0.6 is 11.8 Å². The second kappa shape index (κ2) is 5.70. The molecule has 1 N–H and O–H groups in total. The van der Waals surface area contributed by atoms with Crippen LogP contribution in [0.5, 0.6) is 0 Å². The molecule has 0 aromatic heterocycles. The zero-order chi connectivity index (χ0) is 13.1. The summed E-state index contributed by atoms with van der Waals surface area (Å²) in [6, 6.07) is 17.6. The van der Waals surface area contributed by atoms with Crippen molar-refractivity contribution in [1.29, 1.82) is 0 Å². The van der Waals surface area contributed by atoms with E-state index < -0.39 is 0 Å². The second-order valence-corrected chi connectivity index (χ2v) is 6.04. The fourth-order valence-electron chi connectivity index (χ4n) is 2.50. The van der Waals surface area contributed by atoms with Crippen LogP contribution in [0.25, 0.3) is 0 Å². The molecule has 0 saturated carbocycles. The fraction of sp³-hybridized carbons (Fsp3) is 0.294. The van der Waals surface area contributed by atoms with Gasteiger partial charge in [0.05, 0.1) is 0 Å². The summed E-state index contributed by atoms with van der Waals surface area (Å²) in [5, 5.41) is 3.57. The zero-order valence-corrected chi connectivity index (χ0v) is 12.0. The Bertz CT molecular complexity index is 547. The molecule has 2 aromatic carbocycles. The Morgan fingerprint density at radius 2 is 1.89 bits per heavy atom. The van der Waals surface area contributed by atoms with Gasteiger partial charge in [-0.1, -0.05) is 37.3 Å². The summed E-state index contributed by atoms with van der Waals surface area (Å²) < 4.78 is 0. The maximum atomic E-state index is 3.57. The van der Waals surface area contributed by atoms with Crippen LogP contribution in [0, 0.1) is 0 Å². The van der Waals surface area contributed by atoms with Crippen molar-refractivity contribution < 1.29 is 0 Å². The van der Waals surface area contributed by atoms with Gasteiger partial charge in [0.25, 0.3) is 0 Å². The number of aryl methyl sites for hydroxylation is 1. The van der Waals surface area contributed by atoms with Crippen molar-refractivity contribution in [3.63, 3.8) is 0 Å². The van der Waals surface area contributed by atoms with Crippen LogP contribution in [-0.4, -0.2) is 12.3 Å². The molecule has 98 valence electrons. The molecule has 1 atom stereocenters. The fourth-order valence-corrected chi connectivity index (χ4v) is 3.75. The number of rotatable bonds is 4. The largest absolute Gasteiger partial charge is 0.384 e. The monoisotopic (exact) mass is 269 g/mol. The van der Waals surface area contributed by atoms with Gasteiger partial charge in [-0.25, -0.2) is 0 Å². The van der Waals surface area contributed by atoms with Gasteiger partial charge in [0.2, 0.25) is 0 Å². The summed E-state index contributed by atoms with van der Waals surface area (Å²) >= 11 is 1.98. The van der Waals surface area contributed by atoms with E-state index in [-0.39, 0.29) is 0 Å². The van der Waals surface area contributed by atoms with Crippen LogP contribution < -0.4 is 5.32 Å². The number of benzene rings is 2. The molecule has 19 heavy (non-hydrogen) atoms. The third kappa shape index (κ3) is 2.79. The quantitative estimate of drug-likeness (QED) is 0.874. The highest BCUT2D eigenvalue weighted by Crippen LogP contribution is 2.39. The molecule has 0 aliphatic carbocycles. The lowest BCUT2D eigenvalue weighted by atomic mass is 10.0. The van der Waals surface area contributed by atoms with E-state index in [4.69, 9.17) is 0 Å². The van der Waals surface area contributed by atoms with Crippen LogP contribution in [0.1, 0.15) is 24.0 Å². The summed E-state index contributed by atoms with van der Waals surface area (Å²) in [7, 11) is 0. The van der Waals surface area contributed by atoms with E-state index >= 15 is 0 Å². The summed E-state index contributed by atoms with van der Waals surface area (Å²) in [4.78, 5) is 1.45. The van der Waals surface area contributed by atoms with Gasteiger partial charge in [-0.3, -0.25) is 0 Å². The number of hydrogen-bond donors (Lipinski definition) is 1. The van der Waals surface area contributed by atoms with Crippen molar-refractivity contribution >= 4 is 17.4 Å². The summed E-state index contributed by atoms with van der Waals surface area (Å²) in [5.41, 5.74) is 4.13. The van der Waals surface area contributed by atoms with Crippen LogP contribution in [0.3, 0.4) is 0 Å². The molecule has 0 radical (unpaired) electrons. The van der Waals surface area contributed by atoms with Gasteiger partial charge in [-0.2, -0.15) is 0 Å². The van der Waals surface area contributed by atoms with Gasteiger partial charge < -0.3 is 5.32 Å². The summed E-state index contributed by atoms with van der Waals surface area (Å²) in [6.07, 6.45) is 1.10. The third-order valence-electron chi connectivity index (χ3n) is 3.71. The zero-order valence-electron chi connectivity index (χ0n) is 11.2. The van der Waals surface area contributed by atoms with E-state index in [0.29, 0.717) is 5.92 Å². The molecule has 1 nitrogen and oxygen atoms in total. The average Bonchev–Trinajstić information content (AvgIpc) is 2.89. The maximum absolute atomic E-state index is 3.57. The molecule has 2 aromatic rings. The topological polar surface area (TPSA) is 12.0 Å². The van der Waals surface area contributed by atoms with E-state index in [0.717, 1.165) is 13.0 Å². The second-order valence-electron chi connectivity index (χ2n) is 4.98. The smallest absolute Gasteiger partial charge is 0.0340 e. The van der Waals surface area contributed by atoms with Crippen LogP contribution in [0.2, 0.25) is 0 Å². The van der Waals surface area contributed by atoms with E-state index in [1.807, 2.05) is 11.8 Å². The Hall–Kier alpha value is -1.41. The first-order chi connectivity index (χ1) is 9.36. The van der Waals surface area contributed by atoms with Crippen molar-refractivity contribution in [2.45, 2.75) is 24.2 Å². The van der Waals surface area contributed by atoms with Crippen molar-refractivity contribution in [3.05, 3.63) is 59.7 Å². The van der Waals surface area contributed by atoms with E-state index in [9.17, 15) is 0 Å². The Balaban J connectivity index is 1.64. The van der Waals surface area contributed by atoms with Gasteiger partial charge in [0, 0.05) is 28.8 Å². The Morgan fingerprint density at radius 1 is 1.11 bits per heavy atom. The first-order valence-electron chi connectivity index (χ1n) is 6.91. The SMILES string of the molecule is CCc1ccc(NCC2CSc3ccccc32)cc1. The predicted octanol–water partition coefficient (Wildman–Crippen LogP) is 4.55. The lowest BCUT2D eigenvalue weighted by molar-refractivity contribution is 0.819. The van der Waals surface area contributed by atoms with Gasteiger partial charge in [0.1, 0.15) is 0 Å². The lowest BCUT2D eigenvalue weighted by Gasteiger charge is -2.13. The highest BCUT2D eigenvalue weighted by molar-refractivity contribution is 7.99. The van der Waals surface area contributed by atoms with Crippen molar-refractivity contribution in [1.82, 2.24) is 0 Å². The van der Waals surface area contributed by atoms with Crippen LogP contribution in [-0.2, 0) is 6.42 Å². The minimum Gasteiger partial charge on any atom is -0.384 e. The molecule has 3 rings (SSSR count). The predicted molar refractivity (Wildman–Crippen MR) is 84.2 cm³/mol. The lowest BCUT2D eigenvalue weighted by Crippen LogP contribution is -2.12. The van der Waals surface area contributed by atoms with Crippen molar-refractivity contribution in [3.8, 4) is 0 Å². The number of fused-ring (bicyclic) bond motifs is 1. The molecule has 0 bridgehead atoms. The number of nitrogens with one attached hydrogen (secondary N) is 1. The Kier molecular flexibility index (Phi) is 3.79. The van der Waals surface area contributed by atoms with Crippen LogP contribution in [0.15, 0.2) is 53.4 Å². The number of thioether (sulfide) groups is 1. The third-order valence-corrected chi connectivity index (χ3v) is 4.97. The highest BCUT2D eigenvalue weighted by atomic mass is 32.2. The highest BCUT2D eigenvalue weighted by Gasteiger charge is 2.22. The minimum atomic E-state index is 0.632. The molecule has 1 aliphatic heterocycles. The Morgan fingerprint density at radius 3 is 2.68 bits per heavy atom. The number of hydrogen-bond acceptors (Lipinski definition) is 2. The van der Waals surface area contributed by atoms with E-state index in [1.165, 1.54) is 27.5 Å². The number of anilines is 1. The molecule has 0 spiro atoms. The molecule has 1 unspecified atom stereocenters. The normalized spacial score (nSPS) is 17.2. The van der Waals surface area contributed by atoms with Gasteiger partial charge in [-0.15, -0.1) is 11.8 Å².